The molecule has 134 valence electrons. The summed E-state index contributed by atoms with van der Waals surface area (Å²) in [7, 11) is 0. The van der Waals surface area contributed by atoms with E-state index < -0.39 is 17.6 Å². The molecule has 2 aromatic heterocycles. The van der Waals surface area contributed by atoms with Crippen LogP contribution >= 0.6 is 0 Å². The molecule has 1 aliphatic rings. The van der Waals surface area contributed by atoms with Crippen molar-refractivity contribution in [2.24, 2.45) is 11.7 Å². The number of alkyl halides is 1. The Morgan fingerprint density at radius 2 is 2.12 bits per heavy atom. The molecule has 2 amide bonds. The number of carbonyl (C=O) groups excluding carboxylic acids is 2. The predicted octanol–water partition coefficient (Wildman–Crippen LogP) is 2.33. The van der Waals surface area contributed by atoms with Crippen LogP contribution in [0.15, 0.2) is 18.5 Å². The average Bonchev–Trinajstić information content (AvgIpc) is 3.27. The molecule has 25 heavy (non-hydrogen) atoms. The van der Waals surface area contributed by atoms with Gasteiger partial charge in [-0.15, -0.1) is 0 Å². The Balaban J connectivity index is 2.00. The highest BCUT2D eigenvalue weighted by Gasteiger charge is 2.30. The summed E-state index contributed by atoms with van der Waals surface area (Å²) in [4.78, 5) is 23.7. The van der Waals surface area contributed by atoms with Gasteiger partial charge in [0.2, 0.25) is 5.91 Å². The predicted molar refractivity (Wildman–Crippen MR) is 93.3 cm³/mol. The summed E-state index contributed by atoms with van der Waals surface area (Å²) in [6.07, 6.45) is 4.79. The first-order valence-corrected chi connectivity index (χ1v) is 8.24. The van der Waals surface area contributed by atoms with Gasteiger partial charge < -0.3 is 16.4 Å². The molecule has 3 rings (SSSR count). The Hall–Kier alpha value is -2.64. The number of carbonyl (C=O) groups is 2. The summed E-state index contributed by atoms with van der Waals surface area (Å²) in [5.41, 5.74) is 5.60. The van der Waals surface area contributed by atoms with E-state index in [1.54, 1.807) is 19.2 Å². The minimum atomic E-state index is -1.51. The molecule has 2 heterocycles. The van der Waals surface area contributed by atoms with Crippen LogP contribution in [-0.4, -0.2) is 33.1 Å². The smallest absolute Gasteiger partial charge is 0.252 e. The Kier molecular flexibility index (Phi) is 4.14. The molecule has 1 unspecified atom stereocenters. The van der Waals surface area contributed by atoms with Crippen LogP contribution in [0.2, 0.25) is 0 Å². The SMILES string of the molecule is CC(Nc1c(C(N)=O)cnn2cc(NC(=O)C3CC3)cc12)C(C)(C)F. The normalized spacial score (nSPS) is 15.8. The van der Waals surface area contributed by atoms with Gasteiger partial charge >= 0.3 is 0 Å². The number of primary amides is 1. The topological polar surface area (TPSA) is 102 Å². The molecule has 8 heteroatoms. The quantitative estimate of drug-likeness (QED) is 0.746. The minimum absolute atomic E-state index is 0.0289. The third-order valence-corrected chi connectivity index (χ3v) is 4.51. The molecule has 4 N–H and O–H groups in total. The fourth-order valence-corrected chi connectivity index (χ4v) is 2.44. The molecule has 1 saturated carbocycles. The van der Waals surface area contributed by atoms with Gasteiger partial charge in [0, 0.05) is 5.92 Å². The van der Waals surface area contributed by atoms with E-state index in [1.165, 1.54) is 24.6 Å². The number of anilines is 2. The molecular formula is C17H22FN5O2. The molecule has 0 aromatic carbocycles. The Bertz CT molecular complexity index is 835. The first-order chi connectivity index (χ1) is 11.7. The summed E-state index contributed by atoms with van der Waals surface area (Å²) in [6, 6.07) is 1.12. The number of hydrogen-bond acceptors (Lipinski definition) is 4. The molecule has 0 radical (unpaired) electrons. The fourth-order valence-electron chi connectivity index (χ4n) is 2.44. The third kappa shape index (κ3) is 3.57. The molecule has 0 bridgehead atoms. The largest absolute Gasteiger partial charge is 0.377 e. The number of nitrogens with one attached hydrogen (secondary N) is 2. The van der Waals surface area contributed by atoms with Crippen LogP contribution in [0, 0.1) is 5.92 Å². The lowest BCUT2D eigenvalue weighted by Gasteiger charge is -2.26. The second-order valence-electron chi connectivity index (χ2n) is 7.05. The molecule has 1 aliphatic carbocycles. The Labute approximate surface area is 144 Å². The summed E-state index contributed by atoms with van der Waals surface area (Å²) < 4.78 is 15.7. The minimum Gasteiger partial charge on any atom is -0.377 e. The Morgan fingerprint density at radius 3 is 2.68 bits per heavy atom. The molecule has 1 fully saturated rings. The zero-order chi connectivity index (χ0) is 18.4. The highest BCUT2D eigenvalue weighted by Crippen LogP contribution is 2.32. The average molecular weight is 347 g/mol. The van der Waals surface area contributed by atoms with Crippen LogP contribution in [0.5, 0.6) is 0 Å². The van der Waals surface area contributed by atoms with Crippen molar-refractivity contribution >= 4 is 28.7 Å². The standard InChI is InChI=1S/C17H22FN5O2/c1-9(17(2,3)18)21-14-12(15(19)24)7-20-23-8-11(6-13(14)23)22-16(25)10-4-5-10/h6-10,21H,4-5H2,1-3H3,(H2,19,24)(H,22,25). The number of rotatable bonds is 6. The zero-order valence-corrected chi connectivity index (χ0v) is 14.5. The van der Waals surface area contributed by atoms with Gasteiger partial charge in [-0.3, -0.25) is 9.59 Å². The maximum Gasteiger partial charge on any atom is 0.252 e. The van der Waals surface area contributed by atoms with Gasteiger partial charge in [-0.25, -0.2) is 8.91 Å². The lowest BCUT2D eigenvalue weighted by atomic mass is 10.0. The Morgan fingerprint density at radius 1 is 1.44 bits per heavy atom. The number of halogens is 1. The van der Waals surface area contributed by atoms with E-state index in [0.717, 1.165) is 12.8 Å². The van der Waals surface area contributed by atoms with Gasteiger partial charge in [0.15, 0.2) is 0 Å². The molecular weight excluding hydrogens is 325 g/mol. The number of aromatic nitrogens is 2. The van der Waals surface area contributed by atoms with Gasteiger partial charge in [0.25, 0.3) is 5.91 Å². The first kappa shape index (κ1) is 17.2. The maximum atomic E-state index is 14.2. The van der Waals surface area contributed by atoms with Crippen molar-refractivity contribution in [2.75, 3.05) is 10.6 Å². The van der Waals surface area contributed by atoms with Crippen LogP contribution in [-0.2, 0) is 4.79 Å². The van der Waals surface area contributed by atoms with Crippen molar-refractivity contribution < 1.29 is 14.0 Å². The van der Waals surface area contributed by atoms with Crippen LogP contribution in [0.25, 0.3) is 5.52 Å². The van der Waals surface area contributed by atoms with E-state index in [0.29, 0.717) is 16.9 Å². The van der Waals surface area contributed by atoms with E-state index in [9.17, 15) is 14.0 Å². The van der Waals surface area contributed by atoms with E-state index in [1.807, 2.05) is 0 Å². The van der Waals surface area contributed by atoms with E-state index in [-0.39, 0.29) is 17.4 Å². The van der Waals surface area contributed by atoms with Crippen molar-refractivity contribution in [3.63, 3.8) is 0 Å². The summed E-state index contributed by atoms with van der Waals surface area (Å²) in [5, 5.41) is 10.0. The molecule has 0 aliphatic heterocycles. The monoisotopic (exact) mass is 347 g/mol. The lowest BCUT2D eigenvalue weighted by molar-refractivity contribution is -0.117. The van der Waals surface area contributed by atoms with E-state index >= 15 is 0 Å². The van der Waals surface area contributed by atoms with Crippen LogP contribution in [0.1, 0.15) is 44.0 Å². The number of hydrogen-bond donors (Lipinski definition) is 3. The van der Waals surface area contributed by atoms with Crippen molar-refractivity contribution in [3.8, 4) is 0 Å². The molecule has 7 nitrogen and oxygen atoms in total. The van der Waals surface area contributed by atoms with E-state index in [2.05, 4.69) is 15.7 Å². The summed E-state index contributed by atoms with van der Waals surface area (Å²) in [5.74, 6) is -0.618. The lowest BCUT2D eigenvalue weighted by Crippen LogP contribution is -2.36. The van der Waals surface area contributed by atoms with Crippen LogP contribution in [0.3, 0.4) is 0 Å². The summed E-state index contributed by atoms with van der Waals surface area (Å²) in [6.45, 7) is 4.58. The first-order valence-electron chi connectivity index (χ1n) is 8.24. The highest BCUT2D eigenvalue weighted by atomic mass is 19.1. The van der Waals surface area contributed by atoms with Crippen LogP contribution < -0.4 is 16.4 Å². The molecule has 1 atom stereocenters. The second kappa shape index (κ2) is 6.02. The summed E-state index contributed by atoms with van der Waals surface area (Å²) >= 11 is 0. The van der Waals surface area contributed by atoms with Crippen molar-refractivity contribution in [1.82, 2.24) is 9.61 Å². The fraction of sp³-hybridized carbons (Fsp3) is 0.471. The van der Waals surface area contributed by atoms with Gasteiger partial charge in [-0.05, 0) is 39.7 Å². The van der Waals surface area contributed by atoms with E-state index in [4.69, 9.17) is 5.73 Å². The third-order valence-electron chi connectivity index (χ3n) is 4.51. The number of fused-ring (bicyclic) bond motifs is 1. The molecule has 2 aromatic rings. The van der Waals surface area contributed by atoms with Crippen LogP contribution in [0.4, 0.5) is 15.8 Å². The zero-order valence-electron chi connectivity index (χ0n) is 14.5. The molecule has 0 saturated heterocycles. The van der Waals surface area contributed by atoms with Crippen molar-refractivity contribution in [3.05, 3.63) is 24.0 Å². The van der Waals surface area contributed by atoms with Crippen molar-refractivity contribution in [1.29, 1.82) is 0 Å². The van der Waals surface area contributed by atoms with Gasteiger partial charge in [-0.2, -0.15) is 5.10 Å². The van der Waals surface area contributed by atoms with Gasteiger partial charge in [-0.1, -0.05) is 0 Å². The van der Waals surface area contributed by atoms with Gasteiger partial charge in [0.1, 0.15) is 5.67 Å². The number of nitrogens with zero attached hydrogens (tertiary/aromatic N) is 2. The molecule has 0 spiro atoms. The van der Waals surface area contributed by atoms with Gasteiger partial charge in [0.05, 0.1) is 40.9 Å². The number of amides is 2. The number of nitrogens with two attached hydrogens (primary N) is 1. The highest BCUT2D eigenvalue weighted by molar-refractivity contribution is 6.03. The second-order valence-corrected chi connectivity index (χ2v) is 7.05. The van der Waals surface area contributed by atoms with Crippen molar-refractivity contribution in [2.45, 2.75) is 45.3 Å². The maximum absolute atomic E-state index is 14.2.